The number of halogens is 2. The molecule has 2 amide bonds. The summed E-state index contributed by atoms with van der Waals surface area (Å²) in [6.45, 7) is 12.4. The topological polar surface area (TPSA) is 103 Å². The van der Waals surface area contributed by atoms with E-state index >= 15 is 0 Å². The standard InChI is InChI=1S/C24H30BrClN4O3Si/c1-15(33-34(5,6)24(2,3)4)21(28-19-12-9-17(14-27)20(26)13-19)23(32)30-29-22(31)16-7-10-18(25)11-8-16/h7-13,15,21,28H,1-6H3,(H,29,31)(H,30,32). The van der Waals surface area contributed by atoms with Gasteiger partial charge < -0.3 is 9.74 Å². The number of nitriles is 1. The fourth-order valence-corrected chi connectivity index (χ4v) is 4.76. The molecule has 2 aromatic rings. The highest BCUT2D eigenvalue weighted by Crippen LogP contribution is 2.37. The fourth-order valence-electron chi connectivity index (χ4n) is 2.85. The third kappa shape index (κ3) is 7.31. The minimum absolute atomic E-state index is 0.0597. The first kappa shape index (κ1) is 27.9. The summed E-state index contributed by atoms with van der Waals surface area (Å²) in [6, 6.07) is 12.8. The molecule has 0 aliphatic rings. The molecule has 0 heterocycles. The zero-order chi connectivity index (χ0) is 25.7. The van der Waals surface area contributed by atoms with Crippen molar-refractivity contribution < 1.29 is 14.0 Å². The zero-order valence-corrected chi connectivity index (χ0v) is 23.5. The van der Waals surface area contributed by atoms with E-state index in [1.54, 1.807) is 42.5 Å². The van der Waals surface area contributed by atoms with Crippen LogP contribution in [0, 0.1) is 11.3 Å². The first-order valence-corrected chi connectivity index (χ1v) is 14.8. The van der Waals surface area contributed by atoms with Crippen LogP contribution in [-0.2, 0) is 9.22 Å². The van der Waals surface area contributed by atoms with Crippen LogP contribution in [-0.4, -0.2) is 32.3 Å². The molecule has 0 bridgehead atoms. The molecule has 7 nitrogen and oxygen atoms in total. The smallest absolute Gasteiger partial charge is 0.269 e. The van der Waals surface area contributed by atoms with Gasteiger partial charge in [-0.1, -0.05) is 48.3 Å². The third-order valence-corrected chi connectivity index (χ3v) is 11.3. The maximum atomic E-state index is 13.2. The van der Waals surface area contributed by atoms with E-state index in [2.05, 4.69) is 66.0 Å². The van der Waals surface area contributed by atoms with Crippen molar-refractivity contribution in [3.8, 4) is 6.07 Å². The van der Waals surface area contributed by atoms with Crippen molar-refractivity contribution >= 4 is 53.4 Å². The van der Waals surface area contributed by atoms with Crippen molar-refractivity contribution in [1.82, 2.24) is 10.9 Å². The minimum atomic E-state index is -2.20. The van der Waals surface area contributed by atoms with Gasteiger partial charge in [-0.2, -0.15) is 5.26 Å². The number of carbonyl (C=O) groups excluding carboxylic acids is 2. The molecule has 2 atom stereocenters. The first-order valence-electron chi connectivity index (χ1n) is 10.7. The fraction of sp³-hybridized carbons (Fsp3) is 0.375. The molecule has 0 aliphatic heterocycles. The van der Waals surface area contributed by atoms with E-state index in [4.69, 9.17) is 21.3 Å². The Morgan fingerprint density at radius 1 is 1.12 bits per heavy atom. The number of carbonyl (C=O) groups is 2. The molecular weight excluding hydrogens is 536 g/mol. The van der Waals surface area contributed by atoms with E-state index < -0.39 is 32.3 Å². The number of anilines is 1. The molecule has 3 N–H and O–H groups in total. The van der Waals surface area contributed by atoms with E-state index in [0.717, 1.165) is 4.47 Å². The summed E-state index contributed by atoms with van der Waals surface area (Å²) in [5.74, 6) is -0.920. The van der Waals surface area contributed by atoms with E-state index in [1.165, 1.54) is 0 Å². The highest BCUT2D eigenvalue weighted by Gasteiger charge is 2.41. The number of rotatable bonds is 7. The van der Waals surface area contributed by atoms with Gasteiger partial charge >= 0.3 is 0 Å². The SMILES string of the molecule is CC(O[Si](C)(C)C(C)(C)C)C(Nc1ccc(C#N)c(Cl)c1)C(=O)NNC(=O)c1ccc(Br)cc1. The van der Waals surface area contributed by atoms with E-state index in [0.29, 0.717) is 16.8 Å². The largest absolute Gasteiger partial charge is 0.412 e. The minimum Gasteiger partial charge on any atom is -0.412 e. The second kappa shape index (κ2) is 11.4. The van der Waals surface area contributed by atoms with Gasteiger partial charge in [0.25, 0.3) is 11.8 Å². The molecule has 0 fully saturated rings. The lowest BCUT2D eigenvalue weighted by atomic mass is 10.1. The summed E-state index contributed by atoms with van der Waals surface area (Å²) in [7, 11) is -2.20. The third-order valence-electron chi connectivity index (χ3n) is 5.86. The second-order valence-electron chi connectivity index (χ2n) is 9.46. The Hall–Kier alpha value is -2.38. The average Bonchev–Trinajstić information content (AvgIpc) is 2.75. The van der Waals surface area contributed by atoms with Crippen molar-refractivity contribution in [1.29, 1.82) is 5.26 Å². The quantitative estimate of drug-likeness (QED) is 0.298. The van der Waals surface area contributed by atoms with E-state index in [-0.39, 0.29) is 10.1 Å². The molecule has 0 aromatic heterocycles. The van der Waals surface area contributed by atoms with Crippen LogP contribution in [0.4, 0.5) is 5.69 Å². The van der Waals surface area contributed by atoms with Gasteiger partial charge in [0, 0.05) is 15.7 Å². The number of amides is 2. The van der Waals surface area contributed by atoms with Crippen LogP contribution in [0.15, 0.2) is 46.9 Å². The predicted octanol–water partition coefficient (Wildman–Crippen LogP) is 5.63. The number of benzene rings is 2. The molecule has 2 rings (SSSR count). The Labute approximate surface area is 215 Å². The molecule has 10 heteroatoms. The molecule has 0 saturated heterocycles. The van der Waals surface area contributed by atoms with Gasteiger partial charge in [0.2, 0.25) is 0 Å². The van der Waals surface area contributed by atoms with Crippen molar-refractivity contribution in [2.24, 2.45) is 0 Å². The maximum Gasteiger partial charge on any atom is 0.269 e. The van der Waals surface area contributed by atoms with Gasteiger partial charge in [-0.05, 0) is 67.5 Å². The van der Waals surface area contributed by atoms with Gasteiger partial charge in [0.05, 0.1) is 16.7 Å². The lowest BCUT2D eigenvalue weighted by Crippen LogP contribution is -2.55. The Kier molecular flexibility index (Phi) is 9.31. The van der Waals surface area contributed by atoms with Crippen molar-refractivity contribution in [2.45, 2.75) is 58.0 Å². The van der Waals surface area contributed by atoms with Crippen LogP contribution in [0.25, 0.3) is 0 Å². The summed E-state index contributed by atoms with van der Waals surface area (Å²) in [5.41, 5.74) is 6.24. The number of hydrogen-bond acceptors (Lipinski definition) is 5. The summed E-state index contributed by atoms with van der Waals surface area (Å²) in [6.07, 6.45) is -0.528. The van der Waals surface area contributed by atoms with Crippen LogP contribution in [0.2, 0.25) is 23.2 Å². The van der Waals surface area contributed by atoms with Crippen LogP contribution in [0.5, 0.6) is 0 Å². The Morgan fingerprint density at radius 2 is 1.74 bits per heavy atom. The Balaban J connectivity index is 2.23. The normalized spacial score (nSPS) is 13.4. The maximum absolute atomic E-state index is 13.2. The van der Waals surface area contributed by atoms with Gasteiger partial charge in [0.15, 0.2) is 8.32 Å². The molecular formula is C24H30BrClN4O3Si. The zero-order valence-electron chi connectivity index (χ0n) is 20.1. The molecule has 0 saturated carbocycles. The van der Waals surface area contributed by atoms with Crippen LogP contribution in [0.3, 0.4) is 0 Å². The number of hydrazine groups is 1. The molecule has 182 valence electrons. The summed E-state index contributed by atoms with van der Waals surface area (Å²) in [4.78, 5) is 25.6. The first-order chi connectivity index (χ1) is 15.7. The van der Waals surface area contributed by atoms with Gasteiger partial charge in [-0.25, -0.2) is 0 Å². The van der Waals surface area contributed by atoms with E-state index in [9.17, 15) is 9.59 Å². The van der Waals surface area contributed by atoms with Gasteiger partial charge in [-0.15, -0.1) is 0 Å². The lowest BCUT2D eigenvalue weighted by molar-refractivity contribution is -0.124. The summed E-state index contributed by atoms with van der Waals surface area (Å²) < 4.78 is 7.29. The molecule has 2 unspecified atom stereocenters. The van der Waals surface area contributed by atoms with Crippen molar-refractivity contribution in [2.75, 3.05) is 5.32 Å². The van der Waals surface area contributed by atoms with Crippen LogP contribution in [0.1, 0.15) is 43.6 Å². The molecule has 0 aliphatic carbocycles. The molecule has 34 heavy (non-hydrogen) atoms. The molecule has 2 aromatic carbocycles. The number of nitrogens with one attached hydrogen (secondary N) is 3. The monoisotopic (exact) mass is 564 g/mol. The van der Waals surface area contributed by atoms with Crippen LogP contribution >= 0.6 is 27.5 Å². The van der Waals surface area contributed by atoms with Crippen molar-refractivity contribution in [3.63, 3.8) is 0 Å². The Morgan fingerprint density at radius 3 is 2.26 bits per heavy atom. The highest BCUT2D eigenvalue weighted by atomic mass is 79.9. The number of nitrogens with zero attached hydrogens (tertiary/aromatic N) is 1. The van der Waals surface area contributed by atoms with Crippen molar-refractivity contribution in [3.05, 3.63) is 63.1 Å². The Bertz CT molecular complexity index is 1080. The second-order valence-corrected chi connectivity index (χ2v) is 15.5. The van der Waals surface area contributed by atoms with E-state index in [1.807, 2.05) is 13.0 Å². The van der Waals surface area contributed by atoms with Crippen LogP contribution < -0.4 is 16.2 Å². The highest BCUT2D eigenvalue weighted by molar-refractivity contribution is 9.10. The predicted molar refractivity (Wildman–Crippen MR) is 141 cm³/mol. The molecule has 0 spiro atoms. The lowest BCUT2D eigenvalue weighted by Gasteiger charge is -2.40. The summed E-state index contributed by atoms with van der Waals surface area (Å²) in [5, 5.41) is 12.5. The van der Waals surface area contributed by atoms with Gasteiger partial charge in [0.1, 0.15) is 12.1 Å². The summed E-state index contributed by atoms with van der Waals surface area (Å²) >= 11 is 9.50. The number of hydrogen-bond donors (Lipinski definition) is 3. The average molecular weight is 566 g/mol. The van der Waals surface area contributed by atoms with Gasteiger partial charge in [-0.3, -0.25) is 20.4 Å². The molecule has 0 radical (unpaired) electrons.